The lowest BCUT2D eigenvalue weighted by atomic mass is 10.1. The van der Waals surface area contributed by atoms with Gasteiger partial charge >= 0.3 is 0 Å². The molecule has 2 aromatic carbocycles. The van der Waals surface area contributed by atoms with Crippen LogP contribution in [0.2, 0.25) is 0 Å². The fourth-order valence-electron chi connectivity index (χ4n) is 3.54. The third kappa shape index (κ3) is 4.47. The first-order valence-electron chi connectivity index (χ1n) is 9.27. The van der Waals surface area contributed by atoms with E-state index >= 15 is 0 Å². The van der Waals surface area contributed by atoms with Gasteiger partial charge in [0.1, 0.15) is 11.3 Å². The molecule has 4 heteroatoms. The predicted molar refractivity (Wildman–Crippen MR) is 109 cm³/mol. The summed E-state index contributed by atoms with van der Waals surface area (Å²) >= 11 is 0. The van der Waals surface area contributed by atoms with Gasteiger partial charge in [0, 0.05) is 23.1 Å². The van der Waals surface area contributed by atoms with Crippen molar-refractivity contribution in [1.29, 1.82) is 0 Å². The highest BCUT2D eigenvalue weighted by atomic mass is 35.5. The predicted octanol–water partition coefficient (Wildman–Crippen LogP) is 5.52. The van der Waals surface area contributed by atoms with Crippen molar-refractivity contribution in [3.8, 4) is 11.3 Å². The molecule has 0 amide bonds. The second-order valence-electron chi connectivity index (χ2n) is 6.77. The van der Waals surface area contributed by atoms with Crippen LogP contribution in [0.4, 0.5) is 0 Å². The van der Waals surface area contributed by atoms with Crippen LogP contribution < -0.4 is 0 Å². The Hall–Kier alpha value is -1.81. The molecule has 1 aliphatic rings. The van der Waals surface area contributed by atoms with Crippen LogP contribution in [-0.2, 0) is 11.3 Å². The average molecular weight is 372 g/mol. The molecule has 0 N–H and O–H groups in total. The number of likely N-dealkylation sites (tertiary alicyclic amines) is 1. The number of hydrogen-bond donors (Lipinski definition) is 0. The molecule has 1 fully saturated rings. The average Bonchev–Trinajstić information content (AvgIpc) is 3.12. The van der Waals surface area contributed by atoms with Crippen LogP contribution in [0.15, 0.2) is 59.0 Å². The number of nitrogens with zero attached hydrogens (tertiary/aromatic N) is 1. The summed E-state index contributed by atoms with van der Waals surface area (Å²) in [4.78, 5) is 2.50. The maximum absolute atomic E-state index is 6.14. The molecular formula is C22H26ClNO2. The molecule has 0 aliphatic carbocycles. The first kappa shape index (κ1) is 19.0. The number of ether oxygens (including phenoxy) is 1. The van der Waals surface area contributed by atoms with Crippen LogP contribution >= 0.6 is 12.4 Å². The first-order valence-corrected chi connectivity index (χ1v) is 9.27. The molecule has 1 aromatic heterocycles. The second-order valence-corrected chi connectivity index (χ2v) is 6.77. The molecule has 138 valence electrons. The Bertz CT molecular complexity index is 809. The summed E-state index contributed by atoms with van der Waals surface area (Å²) in [5, 5.41) is 1.14. The normalized spacial score (nSPS) is 15.1. The lowest BCUT2D eigenvalue weighted by Crippen LogP contribution is -2.32. The molecule has 3 nitrogen and oxygen atoms in total. The van der Waals surface area contributed by atoms with Gasteiger partial charge in [-0.05, 0) is 32.0 Å². The molecule has 0 bridgehead atoms. The number of furan rings is 1. The smallest absolute Gasteiger partial charge is 0.140 e. The van der Waals surface area contributed by atoms with Crippen molar-refractivity contribution in [2.24, 2.45) is 0 Å². The molecule has 0 saturated carbocycles. The SMILES string of the molecule is Cl.c1ccc(-c2cc3cccc(COCCN4CCCCC4)c3o2)cc1. The number of piperidine rings is 1. The van der Waals surface area contributed by atoms with Crippen molar-refractivity contribution in [1.82, 2.24) is 4.90 Å². The lowest BCUT2D eigenvalue weighted by Gasteiger charge is -2.26. The first-order chi connectivity index (χ1) is 12.4. The molecule has 26 heavy (non-hydrogen) atoms. The molecule has 2 heterocycles. The molecule has 3 aromatic rings. The largest absolute Gasteiger partial charge is 0.456 e. The third-order valence-electron chi connectivity index (χ3n) is 4.94. The van der Waals surface area contributed by atoms with E-state index in [1.165, 1.54) is 32.4 Å². The van der Waals surface area contributed by atoms with Gasteiger partial charge in [-0.3, -0.25) is 0 Å². The molecule has 1 saturated heterocycles. The molecule has 0 spiro atoms. The highest BCUT2D eigenvalue weighted by Crippen LogP contribution is 2.30. The van der Waals surface area contributed by atoms with Gasteiger partial charge in [-0.1, -0.05) is 55.0 Å². The quantitative estimate of drug-likeness (QED) is 0.533. The fourth-order valence-corrected chi connectivity index (χ4v) is 3.54. The zero-order valence-electron chi connectivity index (χ0n) is 15.0. The molecule has 1 aliphatic heterocycles. The summed E-state index contributed by atoms with van der Waals surface area (Å²) in [5.74, 6) is 0.913. The third-order valence-corrected chi connectivity index (χ3v) is 4.94. The topological polar surface area (TPSA) is 25.6 Å². The van der Waals surface area contributed by atoms with Crippen molar-refractivity contribution in [3.05, 3.63) is 60.2 Å². The molecule has 4 rings (SSSR count). The van der Waals surface area contributed by atoms with Gasteiger partial charge < -0.3 is 14.1 Å². The van der Waals surface area contributed by atoms with E-state index in [1.54, 1.807) is 0 Å². The van der Waals surface area contributed by atoms with E-state index < -0.39 is 0 Å². The lowest BCUT2D eigenvalue weighted by molar-refractivity contribution is 0.0865. The fraction of sp³-hybridized carbons (Fsp3) is 0.364. The Morgan fingerprint density at radius 3 is 2.54 bits per heavy atom. The minimum Gasteiger partial charge on any atom is -0.456 e. The highest BCUT2D eigenvalue weighted by molar-refractivity contribution is 5.85. The van der Waals surface area contributed by atoms with Crippen LogP contribution in [0.3, 0.4) is 0 Å². The van der Waals surface area contributed by atoms with E-state index in [9.17, 15) is 0 Å². The summed E-state index contributed by atoms with van der Waals surface area (Å²) in [5.41, 5.74) is 3.17. The zero-order chi connectivity index (χ0) is 16.9. The number of benzene rings is 2. The molecule has 0 atom stereocenters. The van der Waals surface area contributed by atoms with Crippen LogP contribution in [0.1, 0.15) is 24.8 Å². The Labute approximate surface area is 161 Å². The van der Waals surface area contributed by atoms with Gasteiger partial charge in [0.15, 0.2) is 0 Å². The van der Waals surface area contributed by atoms with E-state index in [-0.39, 0.29) is 12.4 Å². The van der Waals surface area contributed by atoms with E-state index in [2.05, 4.69) is 41.3 Å². The summed E-state index contributed by atoms with van der Waals surface area (Å²) in [6, 6.07) is 18.6. The number of para-hydroxylation sites is 1. The van der Waals surface area contributed by atoms with Crippen LogP contribution in [-0.4, -0.2) is 31.1 Å². The van der Waals surface area contributed by atoms with Crippen molar-refractivity contribution >= 4 is 23.4 Å². The van der Waals surface area contributed by atoms with Crippen LogP contribution in [0.5, 0.6) is 0 Å². The van der Waals surface area contributed by atoms with Crippen molar-refractivity contribution in [2.45, 2.75) is 25.9 Å². The second kappa shape index (κ2) is 9.22. The molecule has 0 radical (unpaired) electrons. The monoisotopic (exact) mass is 371 g/mol. The summed E-state index contributed by atoms with van der Waals surface area (Å²) in [6.07, 6.45) is 4.03. The summed E-state index contributed by atoms with van der Waals surface area (Å²) in [6.45, 7) is 4.86. The van der Waals surface area contributed by atoms with Gasteiger partial charge in [0.05, 0.1) is 13.2 Å². The van der Waals surface area contributed by atoms with Gasteiger partial charge in [-0.15, -0.1) is 12.4 Å². The van der Waals surface area contributed by atoms with Crippen molar-refractivity contribution in [3.63, 3.8) is 0 Å². The maximum Gasteiger partial charge on any atom is 0.140 e. The van der Waals surface area contributed by atoms with E-state index in [0.717, 1.165) is 41.0 Å². The minimum atomic E-state index is 0. The Balaban J connectivity index is 0.00000196. The highest BCUT2D eigenvalue weighted by Gasteiger charge is 2.11. The minimum absolute atomic E-state index is 0. The maximum atomic E-state index is 6.14. The van der Waals surface area contributed by atoms with Gasteiger partial charge in [-0.2, -0.15) is 0 Å². The summed E-state index contributed by atoms with van der Waals surface area (Å²) in [7, 11) is 0. The standard InChI is InChI=1S/C22H25NO2.ClH/c1-3-8-18(9-4-1)21-16-19-10-7-11-20(22(19)25-21)17-24-15-14-23-12-5-2-6-13-23;/h1,3-4,7-11,16H,2,5-6,12-15,17H2;1H. The van der Waals surface area contributed by atoms with Crippen molar-refractivity contribution in [2.75, 3.05) is 26.2 Å². The number of fused-ring (bicyclic) bond motifs is 1. The van der Waals surface area contributed by atoms with Crippen LogP contribution in [0.25, 0.3) is 22.3 Å². The van der Waals surface area contributed by atoms with Gasteiger partial charge in [-0.25, -0.2) is 0 Å². The number of rotatable bonds is 6. The van der Waals surface area contributed by atoms with Gasteiger partial charge in [0.25, 0.3) is 0 Å². The van der Waals surface area contributed by atoms with Crippen LogP contribution in [0, 0.1) is 0 Å². The molecule has 0 unspecified atom stereocenters. The van der Waals surface area contributed by atoms with E-state index in [4.69, 9.17) is 9.15 Å². The molecular weight excluding hydrogens is 346 g/mol. The Kier molecular flexibility index (Phi) is 6.73. The summed E-state index contributed by atoms with van der Waals surface area (Å²) < 4.78 is 12.1. The Morgan fingerprint density at radius 1 is 0.923 bits per heavy atom. The Morgan fingerprint density at radius 2 is 1.73 bits per heavy atom. The number of hydrogen-bond acceptors (Lipinski definition) is 3. The van der Waals surface area contributed by atoms with Crippen molar-refractivity contribution < 1.29 is 9.15 Å². The van der Waals surface area contributed by atoms with Gasteiger partial charge in [0.2, 0.25) is 0 Å². The van der Waals surface area contributed by atoms with E-state index in [1.807, 2.05) is 18.2 Å². The zero-order valence-corrected chi connectivity index (χ0v) is 15.8. The number of halogens is 1. The van der Waals surface area contributed by atoms with E-state index in [0.29, 0.717) is 6.61 Å².